The van der Waals surface area contributed by atoms with Gasteiger partial charge in [0.2, 0.25) is 0 Å². The lowest BCUT2D eigenvalue weighted by molar-refractivity contribution is 0.294. The van der Waals surface area contributed by atoms with Crippen molar-refractivity contribution in [3.05, 3.63) is 95.7 Å². The maximum absolute atomic E-state index is 5.73. The van der Waals surface area contributed by atoms with Gasteiger partial charge in [-0.1, -0.05) is 48.9 Å². The van der Waals surface area contributed by atoms with Gasteiger partial charge in [0.1, 0.15) is 5.69 Å². The number of pyridine rings is 1. The van der Waals surface area contributed by atoms with Crippen LogP contribution in [0.3, 0.4) is 0 Å². The summed E-state index contributed by atoms with van der Waals surface area (Å²) < 4.78 is 11.2. The first-order chi connectivity index (χ1) is 16.7. The zero-order chi connectivity index (χ0) is 23.8. The van der Waals surface area contributed by atoms with Crippen molar-refractivity contribution in [2.24, 2.45) is 10.1 Å². The standard InChI is InChI=1S/C28H28N4O2/c1-4-17-34-26-16-11-21(18-27(26)33-3)19-29-32-28(30-23-13-9-20(2)10-14-23)25-15-12-22-7-5-6-8-24(22)31-25/h5-16,18-19H,4,17H2,1-3H3,(H,30,32). The Hall–Kier alpha value is -4.19. The fourth-order valence-electron chi connectivity index (χ4n) is 3.35. The monoisotopic (exact) mass is 452 g/mol. The predicted octanol–water partition coefficient (Wildman–Crippen LogP) is 6.04. The summed E-state index contributed by atoms with van der Waals surface area (Å²) in [5.41, 5.74) is 7.55. The Balaban J connectivity index is 1.62. The average molecular weight is 453 g/mol. The molecule has 0 aliphatic heterocycles. The molecule has 1 N–H and O–H groups in total. The zero-order valence-electron chi connectivity index (χ0n) is 19.7. The summed E-state index contributed by atoms with van der Waals surface area (Å²) in [6.45, 7) is 4.76. The molecule has 1 heterocycles. The summed E-state index contributed by atoms with van der Waals surface area (Å²) in [4.78, 5) is 9.55. The van der Waals surface area contributed by atoms with E-state index in [1.54, 1.807) is 13.3 Å². The van der Waals surface area contributed by atoms with Crippen molar-refractivity contribution in [1.82, 2.24) is 10.4 Å². The molecule has 0 amide bonds. The zero-order valence-corrected chi connectivity index (χ0v) is 19.7. The van der Waals surface area contributed by atoms with Crippen LogP contribution < -0.4 is 14.9 Å². The number of hydrazone groups is 1. The number of aliphatic imine (C=N–C) groups is 1. The Morgan fingerprint density at radius 2 is 1.79 bits per heavy atom. The third-order valence-corrected chi connectivity index (χ3v) is 5.15. The predicted molar refractivity (Wildman–Crippen MR) is 139 cm³/mol. The first kappa shape index (κ1) is 23.0. The minimum absolute atomic E-state index is 0.556. The summed E-state index contributed by atoms with van der Waals surface area (Å²) in [5, 5.41) is 5.51. The molecule has 6 nitrogen and oxygen atoms in total. The number of aromatic nitrogens is 1. The van der Waals surface area contributed by atoms with E-state index in [2.05, 4.69) is 24.4 Å². The summed E-state index contributed by atoms with van der Waals surface area (Å²) in [6.07, 6.45) is 2.65. The maximum Gasteiger partial charge on any atom is 0.173 e. The van der Waals surface area contributed by atoms with E-state index in [1.165, 1.54) is 5.56 Å². The van der Waals surface area contributed by atoms with Gasteiger partial charge in [0.05, 0.1) is 31.1 Å². The quantitative estimate of drug-likeness (QED) is 0.201. The Morgan fingerprint density at radius 3 is 2.59 bits per heavy atom. The molecule has 0 fully saturated rings. The number of nitrogens with one attached hydrogen (secondary N) is 1. The molecule has 0 atom stereocenters. The molecular weight excluding hydrogens is 424 g/mol. The van der Waals surface area contributed by atoms with Crippen LogP contribution in [0.2, 0.25) is 0 Å². The molecule has 1 aromatic heterocycles. The topological polar surface area (TPSA) is 68.1 Å². The lowest BCUT2D eigenvalue weighted by atomic mass is 10.2. The number of nitrogens with zero attached hydrogens (tertiary/aromatic N) is 3. The Kier molecular flexibility index (Phi) is 7.50. The van der Waals surface area contributed by atoms with Crippen molar-refractivity contribution in [1.29, 1.82) is 0 Å². The maximum atomic E-state index is 5.73. The molecule has 0 saturated heterocycles. The van der Waals surface area contributed by atoms with Crippen molar-refractivity contribution in [3.63, 3.8) is 0 Å². The largest absolute Gasteiger partial charge is 0.493 e. The number of benzene rings is 3. The van der Waals surface area contributed by atoms with Crippen LogP contribution in [0.1, 0.15) is 30.2 Å². The molecule has 0 spiro atoms. The molecule has 0 saturated carbocycles. The van der Waals surface area contributed by atoms with Crippen molar-refractivity contribution in [2.45, 2.75) is 20.3 Å². The highest BCUT2D eigenvalue weighted by atomic mass is 16.5. The molecule has 34 heavy (non-hydrogen) atoms. The van der Waals surface area contributed by atoms with Gasteiger partial charge >= 0.3 is 0 Å². The molecule has 0 radical (unpaired) electrons. The minimum atomic E-state index is 0.556. The van der Waals surface area contributed by atoms with Crippen LogP contribution in [0.25, 0.3) is 10.9 Å². The molecule has 0 bridgehead atoms. The molecule has 0 aliphatic carbocycles. The van der Waals surface area contributed by atoms with Crippen LogP contribution in [0, 0.1) is 6.92 Å². The second kappa shape index (κ2) is 11.1. The highest BCUT2D eigenvalue weighted by Gasteiger charge is 2.08. The van der Waals surface area contributed by atoms with Gasteiger partial charge in [-0.25, -0.2) is 9.98 Å². The van der Waals surface area contributed by atoms with Gasteiger partial charge < -0.3 is 9.47 Å². The molecule has 4 rings (SSSR count). The number of amidine groups is 1. The van der Waals surface area contributed by atoms with Crippen LogP contribution in [-0.2, 0) is 0 Å². The van der Waals surface area contributed by atoms with Crippen molar-refractivity contribution >= 4 is 28.6 Å². The minimum Gasteiger partial charge on any atom is -0.493 e. The third kappa shape index (κ3) is 5.78. The van der Waals surface area contributed by atoms with Crippen LogP contribution >= 0.6 is 0 Å². The number of ether oxygens (including phenoxy) is 2. The van der Waals surface area contributed by atoms with Crippen molar-refractivity contribution < 1.29 is 9.47 Å². The Bertz CT molecular complexity index is 1310. The van der Waals surface area contributed by atoms with Gasteiger partial charge in [-0.3, -0.25) is 5.43 Å². The summed E-state index contributed by atoms with van der Waals surface area (Å²) >= 11 is 0. The SMILES string of the molecule is CCCOc1ccc(C=NNC(=Nc2ccc(C)cc2)c2ccc3ccccc3n2)cc1OC. The first-order valence-corrected chi connectivity index (χ1v) is 11.3. The highest BCUT2D eigenvalue weighted by molar-refractivity contribution is 6.00. The smallest absolute Gasteiger partial charge is 0.173 e. The normalized spacial score (nSPS) is 11.7. The number of fused-ring (bicyclic) bond motifs is 1. The van der Waals surface area contributed by atoms with Gasteiger partial charge in [0, 0.05) is 5.39 Å². The molecule has 172 valence electrons. The van der Waals surface area contributed by atoms with E-state index in [0.29, 0.717) is 23.9 Å². The van der Waals surface area contributed by atoms with E-state index in [1.807, 2.05) is 78.9 Å². The summed E-state index contributed by atoms with van der Waals surface area (Å²) in [6, 6.07) is 25.7. The van der Waals surface area contributed by atoms with E-state index < -0.39 is 0 Å². The van der Waals surface area contributed by atoms with Crippen LogP contribution in [0.4, 0.5) is 5.69 Å². The summed E-state index contributed by atoms with van der Waals surface area (Å²) in [7, 11) is 1.63. The van der Waals surface area contributed by atoms with Gasteiger partial charge in [0.25, 0.3) is 0 Å². The first-order valence-electron chi connectivity index (χ1n) is 11.3. The number of rotatable bonds is 8. The number of para-hydroxylation sites is 1. The van der Waals surface area contributed by atoms with Crippen molar-refractivity contribution in [3.8, 4) is 11.5 Å². The van der Waals surface area contributed by atoms with Crippen LogP contribution in [-0.4, -0.2) is 30.8 Å². The Morgan fingerprint density at radius 1 is 0.971 bits per heavy atom. The highest BCUT2D eigenvalue weighted by Crippen LogP contribution is 2.27. The van der Waals surface area contributed by atoms with Crippen LogP contribution in [0.15, 0.2) is 89.0 Å². The molecule has 3 aromatic carbocycles. The molecule has 4 aromatic rings. The molecular formula is C28H28N4O2. The lowest BCUT2D eigenvalue weighted by Crippen LogP contribution is -2.20. The Labute approximate surface area is 200 Å². The third-order valence-electron chi connectivity index (χ3n) is 5.15. The number of hydrogen-bond acceptors (Lipinski definition) is 5. The molecule has 0 aliphatic rings. The number of methoxy groups -OCH3 is 1. The average Bonchev–Trinajstić information content (AvgIpc) is 2.88. The fourth-order valence-corrected chi connectivity index (χ4v) is 3.35. The summed E-state index contributed by atoms with van der Waals surface area (Å²) in [5.74, 6) is 1.94. The van der Waals surface area contributed by atoms with Gasteiger partial charge in [0.15, 0.2) is 17.3 Å². The van der Waals surface area contributed by atoms with Gasteiger partial charge in [-0.15, -0.1) is 0 Å². The van der Waals surface area contributed by atoms with E-state index in [-0.39, 0.29) is 0 Å². The number of aryl methyl sites for hydroxylation is 1. The van der Waals surface area contributed by atoms with Gasteiger partial charge in [-0.05, 0) is 61.4 Å². The molecule has 6 heteroatoms. The second-order valence-corrected chi connectivity index (χ2v) is 7.81. The van der Waals surface area contributed by atoms with Crippen LogP contribution in [0.5, 0.6) is 11.5 Å². The number of hydrogen-bond donors (Lipinski definition) is 1. The second-order valence-electron chi connectivity index (χ2n) is 7.81. The molecule has 0 unspecified atom stereocenters. The van der Waals surface area contributed by atoms with E-state index in [9.17, 15) is 0 Å². The lowest BCUT2D eigenvalue weighted by Gasteiger charge is -2.10. The van der Waals surface area contributed by atoms with E-state index >= 15 is 0 Å². The van der Waals surface area contributed by atoms with E-state index in [4.69, 9.17) is 19.5 Å². The van der Waals surface area contributed by atoms with E-state index in [0.717, 1.165) is 34.3 Å². The fraction of sp³-hybridized carbons (Fsp3) is 0.179. The van der Waals surface area contributed by atoms with Gasteiger partial charge in [-0.2, -0.15) is 5.10 Å². The van der Waals surface area contributed by atoms with Crippen molar-refractivity contribution in [2.75, 3.05) is 13.7 Å².